The molecule has 0 aliphatic heterocycles. The maximum atomic E-state index is 13.1. The molecule has 1 fully saturated rings. The predicted molar refractivity (Wildman–Crippen MR) is 81.4 cm³/mol. The first-order valence-corrected chi connectivity index (χ1v) is 9.19. The lowest BCUT2D eigenvalue weighted by atomic mass is 9.78. The lowest BCUT2D eigenvalue weighted by Gasteiger charge is -2.30. The van der Waals surface area contributed by atoms with Gasteiger partial charge in [-0.1, -0.05) is 23.2 Å². The Morgan fingerprint density at radius 1 is 1.23 bits per heavy atom. The molecule has 0 bridgehead atoms. The van der Waals surface area contributed by atoms with Crippen molar-refractivity contribution in [3.05, 3.63) is 23.8 Å². The van der Waals surface area contributed by atoms with Crippen LogP contribution < -0.4 is 10.2 Å². The van der Waals surface area contributed by atoms with E-state index in [0.29, 0.717) is 24.8 Å². The van der Waals surface area contributed by atoms with E-state index in [2.05, 4.69) is 0 Å². The number of hydrogen-bond acceptors (Lipinski definition) is 3. The highest BCUT2D eigenvalue weighted by Crippen LogP contribution is 2.28. The molecule has 0 radical (unpaired) electrons. The third-order valence-corrected chi connectivity index (χ3v) is 5.63. The fourth-order valence-corrected chi connectivity index (χ4v) is 3.97. The number of sulfone groups is 1. The number of hydrogen-bond donors (Lipinski definition) is 0. The van der Waals surface area contributed by atoms with Crippen molar-refractivity contribution in [3.8, 4) is 5.75 Å². The van der Waals surface area contributed by atoms with Crippen molar-refractivity contribution in [1.82, 2.24) is 0 Å². The number of ether oxygens (including phenoxy) is 1. The summed E-state index contributed by atoms with van der Waals surface area (Å²) in [5, 5.41) is -0.531. The molecule has 2 rings (SSSR count). The molecule has 1 aromatic rings. The summed E-state index contributed by atoms with van der Waals surface area (Å²) >= 11 is 0. The maximum Gasteiger partial charge on any atom is 0.513 e. The normalized spacial score (nSPS) is 23.3. The minimum absolute atomic E-state index is 0.197. The van der Waals surface area contributed by atoms with Crippen molar-refractivity contribution in [3.63, 3.8) is 0 Å². The Kier molecular flexibility index (Phi) is 4.80. The molecule has 22 heavy (non-hydrogen) atoms. The summed E-state index contributed by atoms with van der Waals surface area (Å²) < 4.78 is 68.2. The molecular weight excluding hydrogens is 316 g/mol. The fraction of sp³-hybridized carbons (Fsp3) is 0.571. The van der Waals surface area contributed by atoms with Gasteiger partial charge in [0.2, 0.25) is 0 Å². The molecule has 3 nitrogen and oxygen atoms in total. The first-order chi connectivity index (χ1) is 10.1. The monoisotopic (exact) mass is 335 g/mol. The highest BCUT2D eigenvalue weighted by atomic mass is 32.2. The number of benzene rings is 1. The van der Waals surface area contributed by atoms with Crippen LogP contribution in [0.3, 0.4) is 0 Å². The second-order valence-electron chi connectivity index (χ2n) is 5.97. The van der Waals surface area contributed by atoms with Crippen molar-refractivity contribution in [1.29, 1.82) is 0 Å². The minimum atomic E-state index is -5.17. The Bertz CT molecular complexity index is 643. The Labute approximate surface area is 128 Å². The molecule has 0 spiro atoms. The van der Waals surface area contributed by atoms with E-state index >= 15 is 0 Å². The standard InChI is InChI=1S/C14H19BF3O3S/c1-10-6-7-14(13(8-10)15(16,17)18)21-11-4-3-5-12(9-11)22(2,19)20/h6-8,11-12H,3-5,9H2,1-2H3/q-1. The maximum absolute atomic E-state index is 13.1. The van der Waals surface area contributed by atoms with Crippen molar-refractivity contribution in [2.24, 2.45) is 0 Å². The summed E-state index contributed by atoms with van der Waals surface area (Å²) in [6.45, 7) is -3.57. The molecule has 0 heterocycles. The van der Waals surface area contributed by atoms with Crippen molar-refractivity contribution < 1.29 is 26.1 Å². The quantitative estimate of drug-likeness (QED) is 0.795. The summed E-state index contributed by atoms with van der Waals surface area (Å²) in [6, 6.07) is 3.97. The van der Waals surface area contributed by atoms with Crippen molar-refractivity contribution in [2.45, 2.75) is 44.0 Å². The Morgan fingerprint density at radius 3 is 2.50 bits per heavy atom. The molecule has 1 saturated carbocycles. The van der Waals surface area contributed by atoms with Crippen LogP contribution in [0.2, 0.25) is 0 Å². The van der Waals surface area contributed by atoms with E-state index in [4.69, 9.17) is 4.74 Å². The molecule has 0 N–H and O–H groups in total. The van der Waals surface area contributed by atoms with E-state index < -0.39 is 33.6 Å². The van der Waals surface area contributed by atoms with Crippen LogP contribution in [0, 0.1) is 6.92 Å². The van der Waals surface area contributed by atoms with E-state index in [1.165, 1.54) is 6.07 Å². The van der Waals surface area contributed by atoms with Gasteiger partial charge in [-0.15, -0.1) is 0 Å². The topological polar surface area (TPSA) is 43.4 Å². The summed E-state index contributed by atoms with van der Waals surface area (Å²) in [5.74, 6) is -0.197. The first kappa shape index (κ1) is 17.2. The van der Waals surface area contributed by atoms with Gasteiger partial charge in [0.25, 0.3) is 0 Å². The Morgan fingerprint density at radius 2 is 1.91 bits per heavy atom. The van der Waals surface area contributed by atoms with Crippen LogP contribution in [0.5, 0.6) is 5.75 Å². The van der Waals surface area contributed by atoms with Gasteiger partial charge in [0, 0.05) is 12.7 Å². The predicted octanol–water partition coefficient (Wildman–Crippen LogP) is 2.78. The van der Waals surface area contributed by atoms with Gasteiger partial charge in [0.15, 0.2) is 0 Å². The second-order valence-corrected chi connectivity index (χ2v) is 8.30. The molecule has 2 atom stereocenters. The second kappa shape index (κ2) is 6.14. The third-order valence-electron chi connectivity index (χ3n) is 4.00. The molecule has 0 saturated heterocycles. The van der Waals surface area contributed by atoms with Gasteiger partial charge in [-0.05, 0) is 32.3 Å². The molecule has 0 amide bonds. The van der Waals surface area contributed by atoms with Gasteiger partial charge in [-0.25, -0.2) is 8.42 Å². The van der Waals surface area contributed by atoms with Crippen molar-refractivity contribution in [2.75, 3.05) is 6.26 Å². The first-order valence-electron chi connectivity index (χ1n) is 7.23. The van der Waals surface area contributed by atoms with E-state index in [-0.39, 0.29) is 12.2 Å². The molecule has 1 aromatic carbocycles. The third kappa shape index (κ3) is 4.18. The Balaban J connectivity index is 2.21. The van der Waals surface area contributed by atoms with E-state index in [1.807, 2.05) is 0 Å². The molecule has 1 aliphatic carbocycles. The summed E-state index contributed by atoms with van der Waals surface area (Å²) in [5.41, 5.74) is -0.235. The zero-order chi connectivity index (χ0) is 16.5. The fourth-order valence-electron chi connectivity index (χ4n) is 2.81. The number of halogens is 3. The van der Waals surface area contributed by atoms with E-state index in [1.54, 1.807) is 13.0 Å². The molecule has 8 heteroatoms. The van der Waals surface area contributed by atoms with E-state index in [0.717, 1.165) is 12.3 Å². The van der Waals surface area contributed by atoms with Crippen LogP contribution in [-0.4, -0.2) is 33.0 Å². The van der Waals surface area contributed by atoms with Gasteiger partial charge >= 0.3 is 6.98 Å². The van der Waals surface area contributed by atoms with Gasteiger partial charge in [0.05, 0.1) is 17.1 Å². The summed E-state index contributed by atoms with van der Waals surface area (Å²) in [7, 11) is -3.19. The molecule has 124 valence electrons. The number of rotatable bonds is 4. The van der Waals surface area contributed by atoms with Gasteiger partial charge < -0.3 is 17.7 Å². The molecular formula is C14H19BF3O3S-. The van der Waals surface area contributed by atoms with Gasteiger partial charge in [-0.3, -0.25) is 0 Å². The summed E-state index contributed by atoms with van der Waals surface area (Å²) in [6.07, 6.45) is 2.67. The lowest BCUT2D eigenvalue weighted by Crippen LogP contribution is -2.38. The van der Waals surface area contributed by atoms with Crippen LogP contribution in [0.1, 0.15) is 31.2 Å². The zero-order valence-electron chi connectivity index (χ0n) is 12.6. The Hall–Kier alpha value is -1.18. The van der Waals surface area contributed by atoms with Crippen LogP contribution >= 0.6 is 0 Å². The van der Waals surface area contributed by atoms with Gasteiger partial charge in [-0.2, -0.15) is 0 Å². The van der Waals surface area contributed by atoms with Crippen LogP contribution in [0.25, 0.3) is 0 Å². The van der Waals surface area contributed by atoms with Gasteiger partial charge in [0.1, 0.15) is 9.84 Å². The SMILES string of the molecule is Cc1ccc(OC2CCCC(S(C)(=O)=O)C2)c([B-](F)(F)F)c1. The zero-order valence-corrected chi connectivity index (χ0v) is 13.4. The molecule has 2 unspecified atom stereocenters. The average molecular weight is 335 g/mol. The van der Waals surface area contributed by atoms with Crippen molar-refractivity contribution >= 4 is 22.3 Å². The largest absolute Gasteiger partial charge is 0.513 e. The van der Waals surface area contributed by atoms with Crippen LogP contribution in [0.4, 0.5) is 12.9 Å². The van der Waals surface area contributed by atoms with Crippen LogP contribution in [-0.2, 0) is 9.84 Å². The highest BCUT2D eigenvalue weighted by molar-refractivity contribution is 7.91. The highest BCUT2D eigenvalue weighted by Gasteiger charge is 2.33. The summed E-state index contributed by atoms with van der Waals surface area (Å²) in [4.78, 5) is 0. The van der Waals surface area contributed by atoms with E-state index in [9.17, 15) is 21.4 Å². The minimum Gasteiger partial charge on any atom is -0.493 e. The smallest absolute Gasteiger partial charge is 0.493 e. The molecule has 1 aliphatic rings. The lowest BCUT2D eigenvalue weighted by molar-refractivity contribution is 0.157. The molecule has 0 aromatic heterocycles. The van der Waals surface area contributed by atoms with Crippen LogP contribution in [0.15, 0.2) is 18.2 Å². The average Bonchev–Trinajstić information content (AvgIpc) is 2.39. The number of aryl methyl sites for hydroxylation is 1.